The van der Waals surface area contributed by atoms with Crippen LogP contribution in [-0.4, -0.2) is 57.0 Å². The van der Waals surface area contributed by atoms with Gasteiger partial charge in [0.2, 0.25) is 11.8 Å². The maximum Gasteiger partial charge on any atom is 0.240 e. The number of anilines is 1. The molecule has 1 aliphatic carbocycles. The molecule has 2 aromatic carbocycles. The van der Waals surface area contributed by atoms with Gasteiger partial charge in [-0.15, -0.1) is 0 Å². The molecule has 0 spiro atoms. The largest absolute Gasteiger partial charge is 0.376 e. The van der Waals surface area contributed by atoms with Gasteiger partial charge < -0.3 is 15.0 Å². The van der Waals surface area contributed by atoms with Crippen LogP contribution in [0.2, 0.25) is 0 Å². The first-order chi connectivity index (χ1) is 18.0. The lowest BCUT2D eigenvalue weighted by atomic mass is 9.95. The Balaban J connectivity index is 1.35. The summed E-state index contributed by atoms with van der Waals surface area (Å²) in [7, 11) is -1.05. The zero-order valence-electron chi connectivity index (χ0n) is 22.9. The van der Waals surface area contributed by atoms with Crippen LogP contribution >= 0.6 is 10.0 Å². The molecule has 1 aliphatic heterocycles. The second-order valence-corrected chi connectivity index (χ2v) is 16.1. The fourth-order valence-electron chi connectivity index (χ4n) is 5.48. The minimum absolute atomic E-state index is 0.00561. The van der Waals surface area contributed by atoms with Crippen LogP contribution in [0.25, 0.3) is 0 Å². The van der Waals surface area contributed by atoms with E-state index in [-0.39, 0.29) is 23.2 Å². The Morgan fingerprint density at radius 3 is 2.29 bits per heavy atom. The first kappa shape index (κ1) is 26.5. The molecule has 3 aromatic rings. The Hall–Kier alpha value is -3.10. The van der Waals surface area contributed by atoms with Crippen molar-refractivity contribution in [3.8, 4) is 0 Å². The molecule has 2 heterocycles. The zero-order valence-corrected chi connectivity index (χ0v) is 23.7. The lowest BCUT2D eigenvalue weighted by molar-refractivity contribution is -0.140. The van der Waals surface area contributed by atoms with Gasteiger partial charge in [0.15, 0.2) is 5.82 Å². The van der Waals surface area contributed by atoms with Gasteiger partial charge in [-0.1, -0.05) is 60.7 Å². The maximum absolute atomic E-state index is 14.1. The van der Waals surface area contributed by atoms with E-state index in [4.69, 9.17) is 4.74 Å². The van der Waals surface area contributed by atoms with Gasteiger partial charge in [0.05, 0.1) is 41.7 Å². The van der Waals surface area contributed by atoms with Crippen molar-refractivity contribution in [3.63, 3.8) is 0 Å². The maximum atomic E-state index is 14.1. The minimum atomic E-state index is -1.05. The molecule has 0 saturated heterocycles. The normalized spacial score (nSPS) is 18.5. The number of ether oxygens (including phenoxy) is 1. The molecule has 0 bridgehead atoms. The molecule has 0 unspecified atom stereocenters. The number of aromatic nitrogens is 2. The number of carbonyl (C=O) groups is 2. The number of benzene rings is 2. The van der Waals surface area contributed by atoms with E-state index in [1.165, 1.54) is 0 Å². The summed E-state index contributed by atoms with van der Waals surface area (Å²) in [6.07, 6.45) is 8.43. The zero-order chi connectivity index (χ0) is 27.1. The van der Waals surface area contributed by atoms with Crippen LogP contribution in [-0.2, 0) is 33.0 Å². The molecule has 1 saturated carbocycles. The number of fused-ring (bicyclic) bond motifs is 1. The molecule has 1 aromatic heterocycles. The van der Waals surface area contributed by atoms with Gasteiger partial charge in [-0.3, -0.25) is 14.7 Å². The molecular weight excluding hydrogens is 496 g/mol. The highest BCUT2D eigenvalue weighted by molar-refractivity contribution is 8.34. The van der Waals surface area contributed by atoms with E-state index in [2.05, 4.69) is 34.3 Å². The number of aromatic amines is 1. The number of amides is 2. The average Bonchev–Trinajstić information content (AvgIpc) is 3.56. The van der Waals surface area contributed by atoms with E-state index >= 15 is 0 Å². The Bertz CT molecular complexity index is 1310. The van der Waals surface area contributed by atoms with Crippen molar-refractivity contribution in [2.45, 2.75) is 56.0 Å². The fourth-order valence-corrected chi connectivity index (χ4v) is 7.41. The summed E-state index contributed by atoms with van der Waals surface area (Å²) in [6.45, 7) is 5.14. The highest BCUT2D eigenvalue weighted by atomic mass is 32.3. The number of H-pyrrole nitrogens is 1. The highest BCUT2D eigenvalue weighted by Gasteiger charge is 2.56. The smallest absolute Gasteiger partial charge is 0.240 e. The molecule has 38 heavy (non-hydrogen) atoms. The molecule has 2 N–H and O–H groups in total. The number of nitrogens with one attached hydrogen (secondary N) is 2. The van der Waals surface area contributed by atoms with Crippen LogP contribution in [0.15, 0.2) is 60.7 Å². The summed E-state index contributed by atoms with van der Waals surface area (Å²) in [4.78, 5) is 29.3. The van der Waals surface area contributed by atoms with Gasteiger partial charge >= 0.3 is 0 Å². The van der Waals surface area contributed by atoms with Crippen molar-refractivity contribution < 1.29 is 14.3 Å². The van der Waals surface area contributed by atoms with Crippen LogP contribution in [0, 0.1) is 0 Å². The standard InChI is InChI=1S/C30H38N4O3S/c1-29(2)25-23(26(33-32-25)31-28(36)30(16-17-30)38(3,4)5)18-34(29)27(35)24(22-14-10-7-11-15-22)20-37-19-21-12-8-6-9-13-21/h6-15,24H,16-20H2,1-5H3,(H2,31,32,33,36)/t24-/m1/s1. The number of nitrogens with zero attached hydrogens (tertiary/aromatic N) is 2. The molecule has 202 valence electrons. The van der Waals surface area contributed by atoms with Crippen LogP contribution in [0.3, 0.4) is 0 Å². The first-order valence-electron chi connectivity index (χ1n) is 13.1. The molecule has 5 rings (SSSR count). The van der Waals surface area contributed by atoms with E-state index < -0.39 is 21.5 Å². The van der Waals surface area contributed by atoms with Crippen LogP contribution in [0.1, 0.15) is 55.0 Å². The van der Waals surface area contributed by atoms with Gasteiger partial charge in [0.25, 0.3) is 0 Å². The predicted octanol–water partition coefficient (Wildman–Crippen LogP) is 5.15. The van der Waals surface area contributed by atoms with Gasteiger partial charge in [-0.25, -0.2) is 10.0 Å². The molecule has 1 fully saturated rings. The van der Waals surface area contributed by atoms with E-state index in [9.17, 15) is 9.59 Å². The lowest BCUT2D eigenvalue weighted by Gasteiger charge is -2.35. The third kappa shape index (κ3) is 4.76. The Labute approximate surface area is 226 Å². The van der Waals surface area contributed by atoms with Crippen molar-refractivity contribution in [3.05, 3.63) is 83.0 Å². The second kappa shape index (κ2) is 9.89. The van der Waals surface area contributed by atoms with Gasteiger partial charge in [-0.05, 0) is 56.6 Å². The molecule has 1 atom stereocenters. The monoisotopic (exact) mass is 534 g/mol. The quantitative estimate of drug-likeness (QED) is 0.397. The van der Waals surface area contributed by atoms with Gasteiger partial charge in [0.1, 0.15) is 0 Å². The highest BCUT2D eigenvalue weighted by Crippen LogP contribution is 2.64. The molecule has 2 amide bonds. The van der Waals surface area contributed by atoms with Crippen molar-refractivity contribution in [2.75, 3.05) is 30.7 Å². The molecular formula is C30H38N4O3S. The lowest BCUT2D eigenvalue weighted by Crippen LogP contribution is -2.44. The van der Waals surface area contributed by atoms with Crippen molar-refractivity contribution in [2.24, 2.45) is 0 Å². The summed E-state index contributed by atoms with van der Waals surface area (Å²) >= 11 is 0. The summed E-state index contributed by atoms with van der Waals surface area (Å²) in [6, 6.07) is 19.8. The third-order valence-corrected chi connectivity index (χ3v) is 11.1. The second-order valence-electron chi connectivity index (χ2n) is 11.7. The minimum Gasteiger partial charge on any atom is -0.376 e. The Kier molecular flexibility index (Phi) is 6.90. The fraction of sp³-hybridized carbons (Fsp3) is 0.433. The van der Waals surface area contributed by atoms with Crippen LogP contribution < -0.4 is 5.32 Å². The van der Waals surface area contributed by atoms with E-state index in [1.54, 1.807) is 0 Å². The molecule has 2 aliphatic rings. The summed E-state index contributed by atoms with van der Waals surface area (Å²) in [5, 5.41) is 10.7. The number of hydrogen-bond acceptors (Lipinski definition) is 4. The summed E-state index contributed by atoms with van der Waals surface area (Å²) < 4.78 is 5.79. The number of carbonyl (C=O) groups excluding carboxylic acids is 2. The van der Waals surface area contributed by atoms with Crippen molar-refractivity contribution in [1.29, 1.82) is 0 Å². The van der Waals surface area contributed by atoms with Crippen molar-refractivity contribution in [1.82, 2.24) is 15.1 Å². The molecule has 8 heteroatoms. The first-order valence-corrected chi connectivity index (χ1v) is 16.0. The number of rotatable bonds is 9. The number of hydrogen-bond donors (Lipinski definition) is 2. The Morgan fingerprint density at radius 1 is 1.05 bits per heavy atom. The van der Waals surface area contributed by atoms with Crippen LogP contribution in [0.5, 0.6) is 0 Å². The van der Waals surface area contributed by atoms with E-state index in [0.717, 1.165) is 35.2 Å². The predicted molar refractivity (Wildman–Crippen MR) is 153 cm³/mol. The van der Waals surface area contributed by atoms with Crippen LogP contribution in [0.4, 0.5) is 5.82 Å². The van der Waals surface area contributed by atoms with Gasteiger partial charge in [0, 0.05) is 5.56 Å². The summed E-state index contributed by atoms with van der Waals surface area (Å²) in [5.41, 5.74) is 3.13. The van der Waals surface area contributed by atoms with Crippen molar-refractivity contribution >= 4 is 27.7 Å². The van der Waals surface area contributed by atoms with E-state index in [0.29, 0.717) is 19.0 Å². The van der Waals surface area contributed by atoms with Gasteiger partial charge in [-0.2, -0.15) is 5.10 Å². The van der Waals surface area contributed by atoms with E-state index in [1.807, 2.05) is 79.4 Å². The Morgan fingerprint density at radius 2 is 1.68 bits per heavy atom. The summed E-state index contributed by atoms with van der Waals surface area (Å²) in [5.74, 6) is 0.135. The SMILES string of the molecule is CC1(C)c2[nH]nc(NC(=O)C3(S(C)(C)C)CC3)c2CN1C(=O)[C@H](COCc1ccccc1)c1ccccc1. The molecule has 7 nitrogen and oxygen atoms in total. The molecule has 0 radical (unpaired) electrons. The third-order valence-electron chi connectivity index (χ3n) is 8.15. The topological polar surface area (TPSA) is 87.3 Å². The average molecular weight is 535 g/mol.